The minimum atomic E-state index is 0. The van der Waals surface area contributed by atoms with Gasteiger partial charge < -0.3 is 15.4 Å². The second kappa shape index (κ2) is 13.1. The molecule has 1 unspecified atom stereocenters. The summed E-state index contributed by atoms with van der Waals surface area (Å²) in [4.78, 5) is 11.5. The van der Waals surface area contributed by atoms with E-state index in [9.17, 15) is 0 Å². The molecule has 1 fully saturated rings. The number of likely N-dealkylation sites (tertiary alicyclic amines) is 1. The number of methoxy groups -OCH3 is 1. The maximum Gasteiger partial charge on any atom is 0.218 e. The minimum Gasteiger partial charge on any atom is -0.481 e. The van der Waals surface area contributed by atoms with Gasteiger partial charge in [0.15, 0.2) is 5.96 Å². The van der Waals surface area contributed by atoms with Crippen molar-refractivity contribution in [3.05, 3.63) is 23.9 Å². The van der Waals surface area contributed by atoms with E-state index in [0.29, 0.717) is 12.4 Å². The smallest absolute Gasteiger partial charge is 0.218 e. The van der Waals surface area contributed by atoms with Gasteiger partial charge in [0.2, 0.25) is 5.88 Å². The molecule has 0 bridgehead atoms. The molecule has 1 atom stereocenters. The van der Waals surface area contributed by atoms with Gasteiger partial charge in [-0.1, -0.05) is 19.4 Å². The molecule has 148 valence electrons. The summed E-state index contributed by atoms with van der Waals surface area (Å²) in [6.45, 7) is 8.97. The molecule has 0 amide bonds. The fourth-order valence-corrected chi connectivity index (χ4v) is 3.37. The zero-order valence-electron chi connectivity index (χ0n) is 16.3. The van der Waals surface area contributed by atoms with Crippen molar-refractivity contribution in [3.8, 4) is 5.88 Å². The van der Waals surface area contributed by atoms with Crippen LogP contribution in [0.5, 0.6) is 5.88 Å². The Hall–Kier alpha value is -1.09. The zero-order chi connectivity index (χ0) is 17.9. The molecule has 0 aromatic carbocycles. The molecule has 1 aliphatic heterocycles. The average molecular weight is 475 g/mol. The maximum atomic E-state index is 5.29. The highest BCUT2D eigenvalue weighted by Crippen LogP contribution is 2.18. The Kier molecular flexibility index (Phi) is 11.6. The summed E-state index contributed by atoms with van der Waals surface area (Å²) >= 11 is 0. The molecule has 0 spiro atoms. The topological polar surface area (TPSA) is 61.8 Å². The van der Waals surface area contributed by atoms with E-state index in [1.807, 2.05) is 12.1 Å². The van der Waals surface area contributed by atoms with Crippen molar-refractivity contribution in [1.82, 2.24) is 20.5 Å². The number of hydrogen-bond donors (Lipinski definition) is 2. The van der Waals surface area contributed by atoms with Gasteiger partial charge in [-0.15, -0.1) is 24.0 Å². The molecule has 2 heterocycles. The predicted molar refractivity (Wildman–Crippen MR) is 119 cm³/mol. The van der Waals surface area contributed by atoms with Crippen LogP contribution in [-0.2, 0) is 6.54 Å². The Morgan fingerprint density at radius 1 is 1.35 bits per heavy atom. The third-order valence-electron chi connectivity index (χ3n) is 4.71. The van der Waals surface area contributed by atoms with Crippen LogP contribution in [0, 0.1) is 0 Å². The quantitative estimate of drug-likeness (QED) is 0.344. The standard InChI is InChI=1S/C19H33N5O.HI/c1-4-17-10-6-7-13-24(17)14-12-22-19(20-5-2)23-15-16-9-8-11-21-18(16)25-3;/h8-9,11,17H,4-7,10,12-15H2,1-3H3,(H2,20,22,23);1H. The van der Waals surface area contributed by atoms with Crippen LogP contribution in [0.25, 0.3) is 0 Å². The molecule has 1 aliphatic rings. The normalized spacial score (nSPS) is 18.1. The van der Waals surface area contributed by atoms with E-state index in [1.165, 1.54) is 32.2 Å². The largest absolute Gasteiger partial charge is 0.481 e. The van der Waals surface area contributed by atoms with Crippen molar-refractivity contribution >= 4 is 29.9 Å². The Morgan fingerprint density at radius 3 is 2.92 bits per heavy atom. The van der Waals surface area contributed by atoms with Crippen molar-refractivity contribution in [3.63, 3.8) is 0 Å². The molecule has 26 heavy (non-hydrogen) atoms. The Balaban J connectivity index is 0.00000338. The summed E-state index contributed by atoms with van der Waals surface area (Å²) in [7, 11) is 1.64. The Labute approximate surface area is 175 Å². The van der Waals surface area contributed by atoms with Crippen LogP contribution in [0.4, 0.5) is 0 Å². The molecule has 2 N–H and O–H groups in total. The van der Waals surface area contributed by atoms with E-state index in [1.54, 1.807) is 13.3 Å². The van der Waals surface area contributed by atoms with Gasteiger partial charge in [-0.2, -0.15) is 0 Å². The highest BCUT2D eigenvalue weighted by atomic mass is 127. The van der Waals surface area contributed by atoms with Crippen LogP contribution in [0.3, 0.4) is 0 Å². The van der Waals surface area contributed by atoms with Gasteiger partial charge in [-0.05, 0) is 38.8 Å². The van der Waals surface area contributed by atoms with Gasteiger partial charge in [0.05, 0.1) is 13.7 Å². The molecule has 0 aliphatic carbocycles. The Bertz CT molecular complexity index is 540. The van der Waals surface area contributed by atoms with E-state index in [2.05, 4.69) is 39.4 Å². The van der Waals surface area contributed by atoms with E-state index >= 15 is 0 Å². The number of nitrogens with zero attached hydrogens (tertiary/aromatic N) is 3. The van der Waals surface area contributed by atoms with Crippen molar-refractivity contribution in [1.29, 1.82) is 0 Å². The SMILES string of the molecule is CCNC(=NCc1cccnc1OC)NCCN1CCCCC1CC.I. The molecular weight excluding hydrogens is 441 g/mol. The number of aliphatic imine (C=N–C) groups is 1. The van der Waals surface area contributed by atoms with Crippen molar-refractivity contribution in [2.75, 3.05) is 33.3 Å². The number of piperidine rings is 1. The third kappa shape index (κ3) is 7.26. The lowest BCUT2D eigenvalue weighted by molar-refractivity contribution is 0.147. The highest BCUT2D eigenvalue weighted by molar-refractivity contribution is 14.0. The summed E-state index contributed by atoms with van der Waals surface area (Å²) in [5.41, 5.74) is 0.990. The molecule has 1 aromatic rings. The van der Waals surface area contributed by atoms with Crippen LogP contribution in [0.2, 0.25) is 0 Å². The van der Waals surface area contributed by atoms with E-state index < -0.39 is 0 Å². The molecular formula is C19H34IN5O. The molecule has 7 heteroatoms. The van der Waals surface area contributed by atoms with E-state index in [4.69, 9.17) is 4.74 Å². The van der Waals surface area contributed by atoms with Gasteiger partial charge in [-0.3, -0.25) is 4.90 Å². The number of rotatable bonds is 8. The number of guanidine groups is 1. The van der Waals surface area contributed by atoms with Gasteiger partial charge in [0.25, 0.3) is 0 Å². The maximum absolute atomic E-state index is 5.29. The fraction of sp³-hybridized carbons (Fsp3) is 0.684. The van der Waals surface area contributed by atoms with Crippen LogP contribution in [0.1, 0.15) is 45.1 Å². The first-order valence-corrected chi connectivity index (χ1v) is 9.52. The lowest BCUT2D eigenvalue weighted by Crippen LogP contribution is -2.45. The Morgan fingerprint density at radius 2 is 2.19 bits per heavy atom. The van der Waals surface area contributed by atoms with Crippen molar-refractivity contribution < 1.29 is 4.74 Å². The first-order valence-electron chi connectivity index (χ1n) is 9.52. The van der Waals surface area contributed by atoms with Crippen LogP contribution in [-0.4, -0.2) is 55.2 Å². The van der Waals surface area contributed by atoms with Crippen LogP contribution < -0.4 is 15.4 Å². The molecule has 1 saturated heterocycles. The van der Waals surface area contributed by atoms with E-state index in [0.717, 1.165) is 37.2 Å². The summed E-state index contributed by atoms with van der Waals surface area (Å²) in [5.74, 6) is 1.49. The molecule has 0 saturated carbocycles. The number of nitrogens with one attached hydrogen (secondary N) is 2. The van der Waals surface area contributed by atoms with Crippen LogP contribution in [0.15, 0.2) is 23.3 Å². The summed E-state index contributed by atoms with van der Waals surface area (Å²) in [5, 5.41) is 6.77. The highest BCUT2D eigenvalue weighted by Gasteiger charge is 2.19. The first-order chi connectivity index (χ1) is 12.3. The molecule has 0 radical (unpaired) electrons. The fourth-order valence-electron chi connectivity index (χ4n) is 3.37. The monoisotopic (exact) mass is 475 g/mol. The first kappa shape index (κ1) is 23.0. The zero-order valence-corrected chi connectivity index (χ0v) is 18.7. The number of hydrogen-bond acceptors (Lipinski definition) is 4. The lowest BCUT2D eigenvalue weighted by Gasteiger charge is -2.35. The third-order valence-corrected chi connectivity index (χ3v) is 4.71. The van der Waals surface area contributed by atoms with Crippen LogP contribution >= 0.6 is 24.0 Å². The van der Waals surface area contributed by atoms with Gasteiger partial charge in [0, 0.05) is 37.4 Å². The summed E-state index contributed by atoms with van der Waals surface area (Å²) < 4.78 is 5.29. The predicted octanol–water partition coefficient (Wildman–Crippen LogP) is 3.03. The summed E-state index contributed by atoms with van der Waals surface area (Å²) in [6.07, 6.45) is 7.02. The second-order valence-electron chi connectivity index (χ2n) is 6.39. The number of ether oxygens (including phenoxy) is 1. The second-order valence-corrected chi connectivity index (χ2v) is 6.39. The number of pyridine rings is 1. The number of aromatic nitrogens is 1. The van der Waals surface area contributed by atoms with Gasteiger partial charge in [0.1, 0.15) is 0 Å². The van der Waals surface area contributed by atoms with Gasteiger partial charge in [-0.25, -0.2) is 9.98 Å². The minimum absolute atomic E-state index is 0. The molecule has 6 nitrogen and oxygen atoms in total. The number of halogens is 1. The lowest BCUT2D eigenvalue weighted by atomic mass is 10.0. The van der Waals surface area contributed by atoms with E-state index in [-0.39, 0.29) is 24.0 Å². The average Bonchev–Trinajstić information content (AvgIpc) is 2.66. The molecule has 1 aromatic heterocycles. The van der Waals surface area contributed by atoms with Gasteiger partial charge >= 0.3 is 0 Å². The van der Waals surface area contributed by atoms with Crippen molar-refractivity contribution in [2.24, 2.45) is 4.99 Å². The summed E-state index contributed by atoms with van der Waals surface area (Å²) in [6, 6.07) is 4.66. The molecule has 2 rings (SSSR count). The van der Waals surface area contributed by atoms with Crippen molar-refractivity contribution in [2.45, 2.75) is 52.1 Å².